The van der Waals surface area contributed by atoms with Crippen LogP contribution in [-0.4, -0.2) is 20.8 Å². The summed E-state index contributed by atoms with van der Waals surface area (Å²) in [5.74, 6) is 1.14. The number of fused-ring (bicyclic) bond motifs is 1. The topological polar surface area (TPSA) is 68.8 Å². The van der Waals surface area contributed by atoms with Crippen LogP contribution in [0, 0.1) is 0 Å². The summed E-state index contributed by atoms with van der Waals surface area (Å²) in [4.78, 5) is 4.07. The van der Waals surface area contributed by atoms with Gasteiger partial charge in [-0.1, -0.05) is 0 Å². The van der Waals surface area contributed by atoms with Crippen LogP contribution in [0.2, 0.25) is 0 Å². The van der Waals surface area contributed by atoms with Gasteiger partial charge in [0.25, 0.3) is 0 Å². The van der Waals surface area contributed by atoms with E-state index in [4.69, 9.17) is 5.73 Å². The van der Waals surface area contributed by atoms with E-state index in [0.717, 1.165) is 12.4 Å². The molecule has 0 bridgehead atoms. The van der Waals surface area contributed by atoms with Crippen molar-refractivity contribution in [2.75, 3.05) is 11.1 Å². The van der Waals surface area contributed by atoms with E-state index in [1.54, 1.807) is 0 Å². The molecule has 2 heterocycles. The van der Waals surface area contributed by atoms with Crippen molar-refractivity contribution in [3.05, 3.63) is 0 Å². The highest BCUT2D eigenvalue weighted by atomic mass is 15.4. The van der Waals surface area contributed by atoms with Gasteiger partial charge in [0.2, 0.25) is 11.9 Å². The van der Waals surface area contributed by atoms with Gasteiger partial charge < -0.3 is 11.1 Å². The molecule has 0 saturated heterocycles. The lowest BCUT2D eigenvalue weighted by molar-refractivity contribution is 0.413. The van der Waals surface area contributed by atoms with Gasteiger partial charge in [0.1, 0.15) is 0 Å². The molecule has 0 radical (unpaired) electrons. The Morgan fingerprint density at radius 1 is 1.58 bits per heavy atom. The molecule has 1 aliphatic heterocycles. The van der Waals surface area contributed by atoms with Crippen LogP contribution in [0.25, 0.3) is 0 Å². The molecule has 0 aliphatic carbocycles. The molecule has 5 heteroatoms. The summed E-state index contributed by atoms with van der Waals surface area (Å²) >= 11 is 0. The van der Waals surface area contributed by atoms with Crippen LogP contribution in [-0.2, 0) is 0 Å². The highest BCUT2D eigenvalue weighted by molar-refractivity contribution is 5.35. The van der Waals surface area contributed by atoms with Gasteiger partial charge in [-0.2, -0.15) is 4.98 Å². The number of hydrogen-bond donors (Lipinski definition) is 2. The third kappa shape index (κ3) is 1.01. The van der Waals surface area contributed by atoms with Crippen molar-refractivity contribution in [2.24, 2.45) is 0 Å². The smallest absolute Gasteiger partial charge is 0.241 e. The Hall–Kier alpha value is -1.26. The van der Waals surface area contributed by atoms with Crippen LogP contribution in [0.3, 0.4) is 0 Å². The zero-order valence-electron chi connectivity index (χ0n) is 7.28. The van der Waals surface area contributed by atoms with Crippen molar-refractivity contribution < 1.29 is 0 Å². The molecule has 12 heavy (non-hydrogen) atoms. The first kappa shape index (κ1) is 7.39. The van der Waals surface area contributed by atoms with Crippen LogP contribution in [0.5, 0.6) is 0 Å². The van der Waals surface area contributed by atoms with Gasteiger partial charge in [0.05, 0.1) is 6.04 Å². The highest BCUT2D eigenvalue weighted by Crippen LogP contribution is 2.24. The van der Waals surface area contributed by atoms with Crippen molar-refractivity contribution in [3.8, 4) is 0 Å². The summed E-state index contributed by atoms with van der Waals surface area (Å²) < 4.78 is 1.84. The third-order valence-corrected chi connectivity index (χ3v) is 2.14. The molecule has 0 amide bonds. The van der Waals surface area contributed by atoms with E-state index < -0.39 is 0 Å². The normalized spacial score (nSPS) is 27.8. The molecule has 1 aliphatic rings. The quantitative estimate of drug-likeness (QED) is 0.594. The van der Waals surface area contributed by atoms with Crippen molar-refractivity contribution in [3.63, 3.8) is 0 Å². The second-order valence-corrected chi connectivity index (χ2v) is 3.37. The van der Waals surface area contributed by atoms with Gasteiger partial charge in [-0.05, 0) is 20.3 Å². The monoisotopic (exact) mass is 167 g/mol. The fourth-order valence-electron chi connectivity index (χ4n) is 1.64. The maximum Gasteiger partial charge on any atom is 0.241 e. The summed E-state index contributed by atoms with van der Waals surface area (Å²) in [6, 6.07) is 0.845. The van der Waals surface area contributed by atoms with Gasteiger partial charge in [-0.25, -0.2) is 4.68 Å². The second-order valence-electron chi connectivity index (χ2n) is 3.37. The van der Waals surface area contributed by atoms with E-state index in [1.165, 1.54) is 0 Å². The minimum absolute atomic E-state index is 0.346. The van der Waals surface area contributed by atoms with Crippen molar-refractivity contribution >= 4 is 11.9 Å². The second kappa shape index (κ2) is 2.36. The summed E-state index contributed by atoms with van der Waals surface area (Å²) in [6.07, 6.45) is 1.07. The van der Waals surface area contributed by atoms with Gasteiger partial charge in [-0.3, -0.25) is 0 Å². The van der Waals surface area contributed by atoms with Gasteiger partial charge >= 0.3 is 0 Å². The van der Waals surface area contributed by atoms with Crippen molar-refractivity contribution in [1.82, 2.24) is 14.8 Å². The molecule has 0 saturated carbocycles. The van der Waals surface area contributed by atoms with Crippen LogP contribution >= 0.6 is 0 Å². The molecule has 66 valence electrons. The van der Waals surface area contributed by atoms with Crippen molar-refractivity contribution in [1.29, 1.82) is 0 Å². The predicted octanol–water partition coefficient (Wildman–Crippen LogP) is 0.625. The largest absolute Gasteiger partial charge is 0.366 e. The molecule has 5 nitrogen and oxygen atoms in total. The van der Waals surface area contributed by atoms with E-state index >= 15 is 0 Å². The third-order valence-electron chi connectivity index (χ3n) is 2.14. The molecule has 2 atom stereocenters. The van der Waals surface area contributed by atoms with Crippen LogP contribution < -0.4 is 11.1 Å². The van der Waals surface area contributed by atoms with E-state index in [1.807, 2.05) is 4.68 Å². The first-order valence-electron chi connectivity index (χ1n) is 4.15. The van der Waals surface area contributed by atoms with Crippen LogP contribution in [0.1, 0.15) is 26.3 Å². The summed E-state index contributed by atoms with van der Waals surface area (Å²) in [6.45, 7) is 4.25. The van der Waals surface area contributed by atoms with Gasteiger partial charge in [-0.15, -0.1) is 5.10 Å². The maximum absolute atomic E-state index is 5.48. The number of anilines is 2. The van der Waals surface area contributed by atoms with Crippen LogP contribution in [0.15, 0.2) is 0 Å². The van der Waals surface area contributed by atoms with E-state index in [-0.39, 0.29) is 0 Å². The highest BCUT2D eigenvalue weighted by Gasteiger charge is 2.22. The fraction of sp³-hybridized carbons (Fsp3) is 0.714. The zero-order chi connectivity index (χ0) is 8.72. The number of aromatic nitrogens is 3. The Bertz CT molecular complexity index is 292. The number of rotatable bonds is 0. The first-order valence-corrected chi connectivity index (χ1v) is 4.15. The van der Waals surface area contributed by atoms with E-state index in [2.05, 4.69) is 29.2 Å². The van der Waals surface area contributed by atoms with Gasteiger partial charge in [0, 0.05) is 6.04 Å². The molecule has 0 fully saturated rings. The average molecular weight is 167 g/mol. The Kier molecular flexibility index (Phi) is 1.46. The van der Waals surface area contributed by atoms with Crippen molar-refractivity contribution in [2.45, 2.75) is 32.4 Å². The molecule has 3 N–H and O–H groups in total. The molecular weight excluding hydrogens is 154 g/mol. The standard InChI is InChI=1S/C7H13N5/c1-4-3-5(2)12-7(9-4)10-6(8)11-12/h4-5H,3H2,1-2H3,(H3,8,9,10,11). The SMILES string of the molecule is CC1CC(C)n2nc(N)nc2N1. The molecule has 2 rings (SSSR count). The molecular formula is C7H13N5. The average Bonchev–Trinajstić information content (AvgIpc) is 2.29. The Balaban J connectivity index is 2.40. The lowest BCUT2D eigenvalue weighted by Gasteiger charge is -2.26. The van der Waals surface area contributed by atoms with Gasteiger partial charge in [0.15, 0.2) is 0 Å². The lowest BCUT2D eigenvalue weighted by Crippen LogP contribution is -2.29. The number of hydrogen-bond acceptors (Lipinski definition) is 4. The minimum atomic E-state index is 0.346. The molecule has 1 aromatic rings. The Labute approximate surface area is 71.0 Å². The maximum atomic E-state index is 5.48. The number of nitrogen functional groups attached to an aromatic ring is 1. The molecule has 0 aromatic carbocycles. The summed E-state index contributed by atoms with van der Waals surface area (Å²) in [5, 5.41) is 7.31. The number of nitrogens with two attached hydrogens (primary N) is 1. The molecule has 1 aromatic heterocycles. The molecule has 2 unspecified atom stereocenters. The first-order chi connectivity index (χ1) is 5.66. The van der Waals surface area contributed by atoms with Crippen LogP contribution in [0.4, 0.5) is 11.9 Å². The molecule has 0 spiro atoms. The Morgan fingerprint density at radius 2 is 2.33 bits per heavy atom. The number of nitrogens with zero attached hydrogens (tertiary/aromatic N) is 3. The summed E-state index contributed by atoms with van der Waals surface area (Å²) in [5.41, 5.74) is 5.48. The predicted molar refractivity (Wildman–Crippen MR) is 46.8 cm³/mol. The van der Waals surface area contributed by atoms with E-state index in [0.29, 0.717) is 18.0 Å². The van der Waals surface area contributed by atoms with E-state index in [9.17, 15) is 0 Å². The summed E-state index contributed by atoms with van der Waals surface area (Å²) in [7, 11) is 0. The zero-order valence-corrected chi connectivity index (χ0v) is 7.28. The number of nitrogens with one attached hydrogen (secondary N) is 1. The lowest BCUT2D eigenvalue weighted by atomic mass is 10.1. The Morgan fingerprint density at radius 3 is 3.08 bits per heavy atom. The minimum Gasteiger partial charge on any atom is -0.366 e. The fourth-order valence-corrected chi connectivity index (χ4v) is 1.64.